The number of rotatable bonds is 6. The largest absolute Gasteiger partial charge is 0.459 e. The number of ether oxygens (including phenoxy) is 1. The van der Waals surface area contributed by atoms with Crippen LogP contribution >= 0.6 is 0 Å². The first-order valence-corrected chi connectivity index (χ1v) is 11.6. The van der Waals surface area contributed by atoms with Crippen molar-refractivity contribution in [3.8, 4) is 5.69 Å². The Labute approximate surface area is 205 Å². The Bertz CT molecular complexity index is 1220. The Morgan fingerprint density at radius 3 is 2.61 bits per heavy atom. The number of esters is 1. The van der Waals surface area contributed by atoms with Crippen LogP contribution in [0.4, 0.5) is 18.9 Å². The molecule has 0 spiro atoms. The Hall–Kier alpha value is -3.41. The molecule has 1 saturated carbocycles. The van der Waals surface area contributed by atoms with Gasteiger partial charge in [-0.1, -0.05) is 13.8 Å². The van der Waals surface area contributed by atoms with Crippen molar-refractivity contribution in [2.75, 3.05) is 11.9 Å². The minimum Gasteiger partial charge on any atom is -0.459 e. The van der Waals surface area contributed by atoms with Crippen LogP contribution in [0.25, 0.3) is 5.69 Å². The van der Waals surface area contributed by atoms with Crippen molar-refractivity contribution in [3.05, 3.63) is 40.7 Å². The quantitative estimate of drug-likeness (QED) is 0.510. The number of nitrogens with one attached hydrogen (secondary N) is 1. The van der Waals surface area contributed by atoms with Crippen molar-refractivity contribution >= 4 is 23.3 Å². The molecular weight excluding hydrogens is 479 g/mol. The molecule has 2 atom stereocenters. The molecule has 2 aromatic rings. The van der Waals surface area contributed by atoms with E-state index in [1.165, 1.54) is 18.2 Å². The van der Waals surface area contributed by atoms with Crippen LogP contribution in [0.15, 0.2) is 18.2 Å². The Kier molecular flexibility index (Phi) is 6.58. The maximum absolute atomic E-state index is 13.8. The number of carbonyl (C=O) groups excluding carboxylic acids is 3. The van der Waals surface area contributed by atoms with Gasteiger partial charge in [0.2, 0.25) is 0 Å². The van der Waals surface area contributed by atoms with Crippen molar-refractivity contribution < 1.29 is 32.3 Å². The third-order valence-corrected chi connectivity index (χ3v) is 6.57. The summed E-state index contributed by atoms with van der Waals surface area (Å²) in [5.74, 6) is -1.91. The van der Waals surface area contributed by atoms with Gasteiger partial charge >= 0.3 is 12.1 Å². The summed E-state index contributed by atoms with van der Waals surface area (Å²) in [4.78, 5) is 36.5. The van der Waals surface area contributed by atoms with Crippen LogP contribution in [0.2, 0.25) is 0 Å². The molecule has 5 N–H and O–H groups in total. The monoisotopic (exact) mass is 507 g/mol. The number of Topliss-reactive ketones (excluding diaryl/α,β-unsaturated/α-hetero) is 1. The lowest BCUT2D eigenvalue weighted by Gasteiger charge is -2.29. The number of aromatic nitrogens is 2. The minimum atomic E-state index is -4.81. The second-order valence-corrected chi connectivity index (χ2v) is 10.0. The van der Waals surface area contributed by atoms with E-state index >= 15 is 0 Å². The summed E-state index contributed by atoms with van der Waals surface area (Å²) in [6, 6.07) is 3.95. The molecule has 2 aliphatic carbocycles. The topological polar surface area (TPSA) is 142 Å². The summed E-state index contributed by atoms with van der Waals surface area (Å²) in [5.41, 5.74) is 9.46. The molecule has 1 unspecified atom stereocenters. The molecule has 1 heterocycles. The van der Waals surface area contributed by atoms with Crippen molar-refractivity contribution in [1.82, 2.24) is 9.78 Å². The average molecular weight is 508 g/mol. The Morgan fingerprint density at radius 2 is 1.97 bits per heavy atom. The number of fused-ring (bicyclic) bond motifs is 1. The SMILES string of the molecule is CC1(C)CC(=O)c2c(C(F)(F)F)nn(-c3ccc(C(N)=O)c(N[C@H]4CCCC4OC(=O)CN)c3)c2C1. The number of anilines is 1. The van der Waals surface area contributed by atoms with Crippen molar-refractivity contribution in [1.29, 1.82) is 0 Å². The highest BCUT2D eigenvalue weighted by atomic mass is 19.4. The van der Waals surface area contributed by atoms with Crippen LogP contribution in [-0.4, -0.2) is 46.1 Å². The Morgan fingerprint density at radius 1 is 1.25 bits per heavy atom. The van der Waals surface area contributed by atoms with Gasteiger partial charge in [-0.05, 0) is 49.3 Å². The van der Waals surface area contributed by atoms with E-state index in [2.05, 4.69) is 10.4 Å². The molecule has 36 heavy (non-hydrogen) atoms. The maximum Gasteiger partial charge on any atom is 0.435 e. The van der Waals surface area contributed by atoms with Crippen LogP contribution in [-0.2, 0) is 22.1 Å². The number of hydrogen-bond acceptors (Lipinski definition) is 7. The van der Waals surface area contributed by atoms with Gasteiger partial charge < -0.3 is 21.5 Å². The summed E-state index contributed by atoms with van der Waals surface area (Å²) >= 11 is 0. The molecule has 9 nitrogen and oxygen atoms in total. The molecule has 0 radical (unpaired) electrons. The first-order valence-electron chi connectivity index (χ1n) is 11.6. The van der Waals surface area contributed by atoms with Crippen LogP contribution in [0.5, 0.6) is 0 Å². The molecule has 0 bridgehead atoms. The van der Waals surface area contributed by atoms with Gasteiger partial charge in [0, 0.05) is 12.1 Å². The van der Waals surface area contributed by atoms with Gasteiger partial charge in [0.25, 0.3) is 5.91 Å². The molecule has 4 rings (SSSR count). The molecule has 1 amide bonds. The predicted molar refractivity (Wildman–Crippen MR) is 124 cm³/mol. The molecule has 2 aliphatic rings. The highest BCUT2D eigenvalue weighted by Crippen LogP contribution is 2.42. The van der Waals surface area contributed by atoms with E-state index < -0.39 is 46.6 Å². The number of nitrogens with zero attached hydrogens (tertiary/aromatic N) is 2. The summed E-state index contributed by atoms with van der Waals surface area (Å²) in [6.45, 7) is 3.35. The fourth-order valence-electron chi connectivity index (χ4n) is 5.01. The number of halogens is 3. The van der Waals surface area contributed by atoms with Crippen molar-refractivity contribution in [2.24, 2.45) is 16.9 Å². The van der Waals surface area contributed by atoms with E-state index in [4.69, 9.17) is 16.2 Å². The zero-order chi connectivity index (χ0) is 26.4. The number of carbonyl (C=O) groups is 3. The van der Waals surface area contributed by atoms with E-state index in [9.17, 15) is 27.6 Å². The van der Waals surface area contributed by atoms with Gasteiger partial charge in [-0.25, -0.2) is 4.68 Å². The molecular formula is C24H28F3N5O4. The summed E-state index contributed by atoms with van der Waals surface area (Å²) in [5, 5.41) is 6.98. The lowest BCUT2D eigenvalue weighted by Crippen LogP contribution is -2.35. The smallest absolute Gasteiger partial charge is 0.435 e. The first-order chi connectivity index (χ1) is 16.8. The van der Waals surface area contributed by atoms with Crippen molar-refractivity contribution in [2.45, 2.75) is 64.3 Å². The van der Waals surface area contributed by atoms with E-state index in [0.717, 1.165) is 11.1 Å². The molecule has 194 valence electrons. The number of ketones is 1. The van der Waals surface area contributed by atoms with Gasteiger partial charge in [0.1, 0.15) is 6.10 Å². The second kappa shape index (κ2) is 9.23. The zero-order valence-electron chi connectivity index (χ0n) is 19.9. The highest BCUT2D eigenvalue weighted by molar-refractivity contribution is 6.00. The number of amides is 1. The fraction of sp³-hybridized carbons (Fsp3) is 0.500. The highest BCUT2D eigenvalue weighted by Gasteiger charge is 2.45. The standard InChI is InChI=1S/C24H28F3N5O4/c1-23(2)9-16-20(17(33)10-23)21(24(25,26)27)31-32(16)12-6-7-13(22(29)35)15(8-12)30-14-4-3-5-18(14)36-19(34)11-28/h6-8,14,18,30H,3-5,9-11,28H2,1-2H3,(H2,29,35)/t14-,18?/m0/s1. The molecule has 0 aliphatic heterocycles. The number of primary amides is 1. The van der Waals surface area contributed by atoms with Crippen LogP contribution < -0.4 is 16.8 Å². The molecule has 12 heteroatoms. The summed E-state index contributed by atoms with van der Waals surface area (Å²) in [6.07, 6.45) is -3.14. The van der Waals surface area contributed by atoms with E-state index in [0.29, 0.717) is 12.8 Å². The predicted octanol–water partition coefficient (Wildman–Crippen LogP) is 2.98. The van der Waals surface area contributed by atoms with E-state index in [1.54, 1.807) is 0 Å². The third-order valence-electron chi connectivity index (χ3n) is 6.57. The summed E-state index contributed by atoms with van der Waals surface area (Å²) < 4.78 is 48.0. The van der Waals surface area contributed by atoms with E-state index in [1.807, 2.05) is 13.8 Å². The van der Waals surface area contributed by atoms with Crippen LogP contribution in [0.1, 0.15) is 71.6 Å². The Balaban J connectivity index is 1.78. The third kappa shape index (κ3) is 4.95. The second-order valence-electron chi connectivity index (χ2n) is 10.0. The van der Waals surface area contributed by atoms with Gasteiger partial charge in [-0.2, -0.15) is 18.3 Å². The average Bonchev–Trinajstić information content (AvgIpc) is 3.37. The van der Waals surface area contributed by atoms with Gasteiger partial charge in [-0.3, -0.25) is 14.4 Å². The minimum absolute atomic E-state index is 0.0211. The molecule has 1 aromatic heterocycles. The lowest BCUT2D eigenvalue weighted by atomic mass is 9.75. The molecule has 1 fully saturated rings. The van der Waals surface area contributed by atoms with Gasteiger partial charge in [-0.15, -0.1) is 0 Å². The number of alkyl halides is 3. The van der Waals surface area contributed by atoms with Crippen molar-refractivity contribution in [3.63, 3.8) is 0 Å². The van der Waals surface area contributed by atoms with Gasteiger partial charge in [0.15, 0.2) is 11.5 Å². The zero-order valence-corrected chi connectivity index (χ0v) is 19.9. The molecule has 1 aromatic carbocycles. The number of nitrogens with two attached hydrogens (primary N) is 2. The van der Waals surface area contributed by atoms with E-state index in [-0.39, 0.29) is 48.1 Å². The first kappa shape index (κ1) is 25.7. The number of hydrogen-bond donors (Lipinski definition) is 3. The normalized spacial score (nSPS) is 21.2. The lowest BCUT2D eigenvalue weighted by molar-refractivity contribution is -0.147. The summed E-state index contributed by atoms with van der Waals surface area (Å²) in [7, 11) is 0. The number of benzene rings is 1. The maximum atomic E-state index is 13.8. The fourth-order valence-corrected chi connectivity index (χ4v) is 5.01. The van der Waals surface area contributed by atoms with Gasteiger partial charge in [0.05, 0.1) is 35.1 Å². The van der Waals surface area contributed by atoms with Crippen LogP contribution in [0, 0.1) is 5.41 Å². The molecule has 0 saturated heterocycles. The van der Waals surface area contributed by atoms with Crippen LogP contribution in [0.3, 0.4) is 0 Å².